The van der Waals surface area contributed by atoms with Gasteiger partial charge in [0.05, 0.1) is 12.8 Å². The average Bonchev–Trinajstić information content (AvgIpc) is 3.08. The zero-order chi connectivity index (χ0) is 32.3. The number of rotatable bonds is 11. The molecule has 0 aliphatic carbocycles. The van der Waals surface area contributed by atoms with Gasteiger partial charge < -0.3 is 20.7 Å². The highest BCUT2D eigenvalue weighted by Gasteiger charge is 2.23. The van der Waals surface area contributed by atoms with Gasteiger partial charge in [0, 0.05) is 20.6 Å². The molecule has 3 N–H and O–H groups in total. The number of hydrogen-bond acceptors (Lipinski definition) is 5. The number of para-hydroxylation sites is 2. The van der Waals surface area contributed by atoms with Crippen LogP contribution in [0.4, 0.5) is 11.4 Å². The molecule has 0 aromatic heterocycles. The molecule has 1 atom stereocenters. The van der Waals surface area contributed by atoms with Gasteiger partial charge >= 0.3 is 0 Å². The van der Waals surface area contributed by atoms with Gasteiger partial charge in [-0.3, -0.25) is 14.4 Å². The van der Waals surface area contributed by atoms with Crippen molar-refractivity contribution in [3.63, 3.8) is 0 Å². The molecule has 0 saturated carbocycles. The highest BCUT2D eigenvalue weighted by atomic mass is 79.9. The third kappa shape index (κ3) is 8.74. The molecule has 7 nitrogen and oxygen atoms in total. The van der Waals surface area contributed by atoms with Crippen LogP contribution in [-0.2, 0) is 9.59 Å². The molecule has 0 bridgehead atoms. The van der Waals surface area contributed by atoms with Crippen molar-refractivity contribution >= 4 is 62.9 Å². The number of nitrogens with one attached hydrogen (secondary N) is 3. The highest BCUT2D eigenvalue weighted by molar-refractivity contribution is 9.10. The SMILES string of the molecule is COc1ccccc1NC(=O)C(Sc1ccc(NC(=O)/C(=C/c2cccc(Br)c2)NC(=O)c2ccccc2)cc1)c1ccccc1. The molecule has 3 amide bonds. The van der Waals surface area contributed by atoms with E-state index in [1.807, 2.05) is 84.9 Å². The number of anilines is 2. The van der Waals surface area contributed by atoms with Crippen LogP contribution >= 0.6 is 27.7 Å². The average molecular weight is 693 g/mol. The molecule has 1 unspecified atom stereocenters. The fourth-order valence-electron chi connectivity index (χ4n) is 4.50. The molecular weight excluding hydrogens is 662 g/mol. The van der Waals surface area contributed by atoms with E-state index in [9.17, 15) is 14.4 Å². The van der Waals surface area contributed by atoms with Gasteiger partial charge in [0.15, 0.2) is 0 Å². The topological polar surface area (TPSA) is 96.5 Å². The fourth-order valence-corrected chi connectivity index (χ4v) is 5.95. The van der Waals surface area contributed by atoms with Gasteiger partial charge in [-0.25, -0.2) is 0 Å². The van der Waals surface area contributed by atoms with Gasteiger partial charge in [-0.2, -0.15) is 0 Å². The number of methoxy groups -OCH3 is 1. The summed E-state index contributed by atoms with van der Waals surface area (Å²) < 4.78 is 6.25. The summed E-state index contributed by atoms with van der Waals surface area (Å²) in [7, 11) is 1.56. The van der Waals surface area contributed by atoms with Crippen LogP contribution in [0.15, 0.2) is 149 Å². The first-order chi connectivity index (χ1) is 22.4. The van der Waals surface area contributed by atoms with Crippen molar-refractivity contribution in [1.82, 2.24) is 5.32 Å². The number of carbonyl (C=O) groups excluding carboxylic acids is 3. The van der Waals surface area contributed by atoms with Crippen LogP contribution < -0.4 is 20.7 Å². The predicted molar refractivity (Wildman–Crippen MR) is 188 cm³/mol. The Balaban J connectivity index is 1.33. The van der Waals surface area contributed by atoms with E-state index in [0.717, 1.165) is 20.5 Å². The zero-order valence-electron chi connectivity index (χ0n) is 24.8. The minimum Gasteiger partial charge on any atom is -0.495 e. The zero-order valence-corrected chi connectivity index (χ0v) is 27.2. The lowest BCUT2D eigenvalue weighted by Gasteiger charge is -2.18. The third-order valence-corrected chi connectivity index (χ3v) is 8.52. The molecular formula is C37H30BrN3O4S. The van der Waals surface area contributed by atoms with Crippen molar-refractivity contribution in [2.45, 2.75) is 10.1 Å². The molecule has 0 heterocycles. The van der Waals surface area contributed by atoms with Gasteiger partial charge in [0.2, 0.25) is 5.91 Å². The summed E-state index contributed by atoms with van der Waals surface area (Å²) >= 11 is 4.84. The van der Waals surface area contributed by atoms with Gasteiger partial charge in [-0.05, 0) is 77.9 Å². The van der Waals surface area contributed by atoms with E-state index in [4.69, 9.17) is 4.74 Å². The van der Waals surface area contributed by atoms with E-state index in [2.05, 4.69) is 31.9 Å². The second-order valence-corrected chi connectivity index (χ2v) is 12.1. The summed E-state index contributed by atoms with van der Waals surface area (Å²) in [4.78, 5) is 40.8. The summed E-state index contributed by atoms with van der Waals surface area (Å²) in [5.74, 6) is -0.513. The summed E-state index contributed by atoms with van der Waals surface area (Å²) in [6.07, 6.45) is 1.62. The van der Waals surface area contributed by atoms with E-state index in [1.54, 1.807) is 61.7 Å². The van der Waals surface area contributed by atoms with E-state index < -0.39 is 17.1 Å². The van der Waals surface area contributed by atoms with Gasteiger partial charge in [-0.15, -0.1) is 11.8 Å². The highest BCUT2D eigenvalue weighted by Crippen LogP contribution is 2.37. The fraction of sp³-hybridized carbons (Fsp3) is 0.0541. The smallest absolute Gasteiger partial charge is 0.272 e. The van der Waals surface area contributed by atoms with E-state index >= 15 is 0 Å². The molecule has 9 heteroatoms. The van der Waals surface area contributed by atoms with Crippen molar-refractivity contribution in [2.24, 2.45) is 0 Å². The lowest BCUT2D eigenvalue weighted by Crippen LogP contribution is -2.30. The van der Waals surface area contributed by atoms with Crippen molar-refractivity contribution in [3.8, 4) is 5.75 Å². The molecule has 0 fully saturated rings. The Kier molecular flexibility index (Phi) is 11.0. The number of halogens is 1. The lowest BCUT2D eigenvalue weighted by atomic mass is 10.1. The molecule has 0 radical (unpaired) electrons. The maximum atomic E-state index is 13.5. The number of hydrogen-bond donors (Lipinski definition) is 3. The van der Waals surface area contributed by atoms with Crippen molar-refractivity contribution in [2.75, 3.05) is 17.7 Å². The monoisotopic (exact) mass is 691 g/mol. The van der Waals surface area contributed by atoms with Crippen LogP contribution in [0.5, 0.6) is 5.75 Å². The lowest BCUT2D eigenvalue weighted by molar-refractivity contribution is -0.116. The van der Waals surface area contributed by atoms with Crippen LogP contribution in [0.2, 0.25) is 0 Å². The Labute approximate surface area is 280 Å². The van der Waals surface area contributed by atoms with Crippen molar-refractivity contribution in [1.29, 1.82) is 0 Å². The van der Waals surface area contributed by atoms with Crippen LogP contribution in [0.3, 0.4) is 0 Å². The van der Waals surface area contributed by atoms with Crippen molar-refractivity contribution in [3.05, 3.63) is 160 Å². The predicted octanol–water partition coefficient (Wildman–Crippen LogP) is 8.34. The second kappa shape index (κ2) is 15.7. The van der Waals surface area contributed by atoms with Crippen LogP contribution in [0.25, 0.3) is 6.08 Å². The summed E-state index contributed by atoms with van der Waals surface area (Å²) in [5, 5.41) is 8.07. The van der Waals surface area contributed by atoms with E-state index in [1.165, 1.54) is 11.8 Å². The number of benzene rings is 5. The first-order valence-electron chi connectivity index (χ1n) is 14.3. The third-order valence-electron chi connectivity index (χ3n) is 6.76. The molecule has 5 aromatic carbocycles. The number of thioether (sulfide) groups is 1. The summed E-state index contributed by atoms with van der Waals surface area (Å²) in [6.45, 7) is 0. The number of ether oxygens (including phenoxy) is 1. The van der Waals surface area contributed by atoms with Gasteiger partial charge in [0.25, 0.3) is 11.8 Å². The Morgan fingerprint density at radius 1 is 0.761 bits per heavy atom. The maximum absolute atomic E-state index is 13.5. The first-order valence-corrected chi connectivity index (χ1v) is 16.0. The Bertz CT molecular complexity index is 1850. The molecule has 0 saturated heterocycles. The standard InChI is InChI=1S/C37H30BrN3O4S/c1-45-33-18-9-8-17-31(33)40-37(44)34(26-12-4-2-5-13-26)46-30-21-19-29(20-22-30)39-36(43)32(24-25-11-10-16-28(38)23-25)41-35(42)27-14-6-3-7-15-27/h2-24,34H,1H3,(H,39,43)(H,40,44)(H,41,42)/b32-24-. The van der Waals surface area contributed by atoms with Gasteiger partial charge in [-0.1, -0.05) is 88.7 Å². The van der Waals surface area contributed by atoms with Crippen LogP contribution in [-0.4, -0.2) is 24.8 Å². The molecule has 5 rings (SSSR count). The second-order valence-electron chi connectivity index (χ2n) is 10.0. The van der Waals surface area contributed by atoms with E-state index in [-0.39, 0.29) is 11.6 Å². The van der Waals surface area contributed by atoms with E-state index in [0.29, 0.717) is 22.7 Å². The molecule has 46 heavy (non-hydrogen) atoms. The van der Waals surface area contributed by atoms with Crippen LogP contribution in [0, 0.1) is 0 Å². The first kappa shape index (κ1) is 32.3. The van der Waals surface area contributed by atoms with Crippen molar-refractivity contribution < 1.29 is 19.1 Å². The maximum Gasteiger partial charge on any atom is 0.272 e. The summed E-state index contributed by atoms with van der Waals surface area (Å²) in [5.41, 5.74) is 3.20. The molecule has 5 aromatic rings. The molecule has 0 aliphatic heterocycles. The Hall–Kier alpha value is -5.12. The summed E-state index contributed by atoms with van der Waals surface area (Å²) in [6, 6.07) is 40.1. The Morgan fingerprint density at radius 3 is 2.13 bits per heavy atom. The quantitative estimate of drug-likeness (QED) is 0.0956. The molecule has 0 aliphatic rings. The largest absolute Gasteiger partial charge is 0.495 e. The number of carbonyl (C=O) groups is 3. The normalized spacial score (nSPS) is 11.7. The molecule has 230 valence electrons. The molecule has 0 spiro atoms. The Morgan fingerprint density at radius 2 is 1.43 bits per heavy atom. The van der Waals surface area contributed by atoms with Gasteiger partial charge in [0.1, 0.15) is 16.7 Å². The number of amides is 3. The van der Waals surface area contributed by atoms with Crippen LogP contribution in [0.1, 0.15) is 26.7 Å². The minimum atomic E-state index is -0.556. The minimum absolute atomic E-state index is 0.0857.